The molecule has 0 amide bonds. The summed E-state index contributed by atoms with van der Waals surface area (Å²) >= 11 is 13.4. The third-order valence-electron chi connectivity index (χ3n) is 3.20. The Labute approximate surface area is 147 Å². The Hall–Kier alpha value is -0.420. The van der Waals surface area contributed by atoms with E-state index in [0.717, 1.165) is 44.6 Å². The quantitative estimate of drug-likeness (QED) is 0.648. The lowest BCUT2D eigenvalue weighted by molar-refractivity contribution is 0.524. The molecule has 1 aromatic carbocycles. The fourth-order valence-corrected chi connectivity index (χ4v) is 3.01. The molecule has 5 heteroatoms. The van der Waals surface area contributed by atoms with Gasteiger partial charge in [0.2, 0.25) is 0 Å². The standard InChI is InChI=1S/C16H17Br2ClN2/c1-2-8-20-15(9-12-7-6-11(17)10-21-12)13-4-3-5-14(18)16(13)19/h3-7,10,15,20H,2,8-9H2,1H3. The molecule has 1 aromatic heterocycles. The van der Waals surface area contributed by atoms with Gasteiger partial charge in [0.25, 0.3) is 0 Å². The molecular formula is C16H17Br2ClN2. The van der Waals surface area contributed by atoms with E-state index in [2.05, 4.69) is 55.2 Å². The van der Waals surface area contributed by atoms with E-state index in [0.29, 0.717) is 0 Å². The van der Waals surface area contributed by atoms with Gasteiger partial charge in [-0.15, -0.1) is 0 Å². The molecule has 2 aromatic rings. The van der Waals surface area contributed by atoms with Crippen molar-refractivity contribution >= 4 is 43.5 Å². The molecule has 2 rings (SSSR count). The van der Waals surface area contributed by atoms with Crippen LogP contribution in [0.4, 0.5) is 0 Å². The molecule has 21 heavy (non-hydrogen) atoms. The number of halogens is 3. The van der Waals surface area contributed by atoms with E-state index in [4.69, 9.17) is 11.6 Å². The molecule has 0 bridgehead atoms. The van der Waals surface area contributed by atoms with Gasteiger partial charge in [-0.2, -0.15) is 0 Å². The summed E-state index contributed by atoms with van der Waals surface area (Å²) in [4.78, 5) is 4.46. The Morgan fingerprint density at radius 1 is 1.24 bits per heavy atom. The lowest BCUT2D eigenvalue weighted by Gasteiger charge is -2.20. The number of pyridine rings is 1. The fraction of sp³-hybridized carbons (Fsp3) is 0.312. The lowest BCUT2D eigenvalue weighted by Crippen LogP contribution is -2.24. The zero-order valence-electron chi connectivity index (χ0n) is 11.7. The van der Waals surface area contributed by atoms with Crippen molar-refractivity contribution in [2.75, 3.05) is 6.54 Å². The average molecular weight is 433 g/mol. The number of hydrogen-bond acceptors (Lipinski definition) is 2. The van der Waals surface area contributed by atoms with Crippen molar-refractivity contribution in [1.82, 2.24) is 10.3 Å². The van der Waals surface area contributed by atoms with Gasteiger partial charge in [0.15, 0.2) is 0 Å². The number of rotatable bonds is 6. The maximum Gasteiger partial charge on any atom is 0.0595 e. The van der Waals surface area contributed by atoms with Crippen molar-refractivity contribution in [2.45, 2.75) is 25.8 Å². The second-order valence-electron chi connectivity index (χ2n) is 4.82. The largest absolute Gasteiger partial charge is 0.310 e. The van der Waals surface area contributed by atoms with Crippen molar-refractivity contribution in [3.63, 3.8) is 0 Å². The van der Waals surface area contributed by atoms with Gasteiger partial charge in [0.1, 0.15) is 0 Å². The second kappa shape index (κ2) is 8.28. The summed E-state index contributed by atoms with van der Waals surface area (Å²) in [7, 11) is 0. The summed E-state index contributed by atoms with van der Waals surface area (Å²) in [5, 5.41) is 4.33. The molecule has 0 saturated carbocycles. The molecular weight excluding hydrogens is 415 g/mol. The first-order valence-corrected chi connectivity index (χ1v) is 8.86. The maximum absolute atomic E-state index is 6.44. The Balaban J connectivity index is 2.25. The predicted octanol–water partition coefficient (Wildman–Crippen LogP) is 5.54. The van der Waals surface area contributed by atoms with E-state index in [1.165, 1.54) is 0 Å². The SMILES string of the molecule is CCCNC(Cc1ccc(Br)cn1)c1cccc(Br)c1Cl. The summed E-state index contributed by atoms with van der Waals surface area (Å²) in [5.74, 6) is 0. The summed E-state index contributed by atoms with van der Waals surface area (Å²) in [6, 6.07) is 10.3. The van der Waals surface area contributed by atoms with Gasteiger partial charge in [-0.05, 0) is 68.6 Å². The molecule has 0 fully saturated rings. The van der Waals surface area contributed by atoms with Crippen LogP contribution in [0, 0.1) is 0 Å². The normalized spacial score (nSPS) is 12.4. The van der Waals surface area contributed by atoms with Gasteiger partial charge < -0.3 is 5.32 Å². The topological polar surface area (TPSA) is 24.9 Å². The van der Waals surface area contributed by atoms with E-state index in [1.54, 1.807) is 0 Å². The van der Waals surface area contributed by atoms with E-state index >= 15 is 0 Å². The van der Waals surface area contributed by atoms with Gasteiger partial charge >= 0.3 is 0 Å². The number of nitrogens with one attached hydrogen (secondary N) is 1. The Kier molecular flexibility index (Phi) is 6.68. The molecule has 0 spiro atoms. The van der Waals surface area contributed by atoms with E-state index in [9.17, 15) is 0 Å². The molecule has 112 valence electrons. The second-order valence-corrected chi connectivity index (χ2v) is 6.97. The molecule has 0 aliphatic heterocycles. The van der Waals surface area contributed by atoms with Crippen molar-refractivity contribution in [1.29, 1.82) is 0 Å². The van der Waals surface area contributed by atoms with E-state index in [1.807, 2.05) is 30.5 Å². The number of aromatic nitrogens is 1. The summed E-state index contributed by atoms with van der Waals surface area (Å²) < 4.78 is 1.92. The highest BCUT2D eigenvalue weighted by atomic mass is 79.9. The molecule has 0 aliphatic rings. The summed E-state index contributed by atoms with van der Waals surface area (Å²) in [5.41, 5.74) is 2.15. The minimum absolute atomic E-state index is 0.156. The maximum atomic E-state index is 6.44. The van der Waals surface area contributed by atoms with Gasteiger partial charge in [-0.1, -0.05) is 30.7 Å². The summed E-state index contributed by atoms with van der Waals surface area (Å²) in [6.07, 6.45) is 3.72. The molecule has 1 N–H and O–H groups in total. The highest BCUT2D eigenvalue weighted by Crippen LogP contribution is 2.31. The van der Waals surface area contributed by atoms with Crippen LogP contribution in [-0.4, -0.2) is 11.5 Å². The first-order valence-electron chi connectivity index (χ1n) is 6.89. The van der Waals surface area contributed by atoms with Gasteiger partial charge in [0, 0.05) is 33.3 Å². The highest BCUT2D eigenvalue weighted by Gasteiger charge is 2.16. The lowest BCUT2D eigenvalue weighted by atomic mass is 10.0. The highest BCUT2D eigenvalue weighted by molar-refractivity contribution is 9.10. The van der Waals surface area contributed by atoms with Crippen molar-refractivity contribution in [2.24, 2.45) is 0 Å². The molecule has 1 atom stereocenters. The Morgan fingerprint density at radius 2 is 2.05 bits per heavy atom. The molecule has 0 aliphatic carbocycles. The van der Waals surface area contributed by atoms with Crippen LogP contribution in [0.25, 0.3) is 0 Å². The van der Waals surface area contributed by atoms with Crippen LogP contribution in [-0.2, 0) is 6.42 Å². The number of benzene rings is 1. The van der Waals surface area contributed by atoms with Crippen LogP contribution >= 0.6 is 43.5 Å². The van der Waals surface area contributed by atoms with Gasteiger partial charge in [-0.25, -0.2) is 0 Å². The minimum atomic E-state index is 0.156. The Morgan fingerprint density at radius 3 is 2.71 bits per heavy atom. The van der Waals surface area contributed by atoms with Crippen LogP contribution in [0.5, 0.6) is 0 Å². The number of hydrogen-bond donors (Lipinski definition) is 1. The van der Waals surface area contributed by atoms with Crippen LogP contribution in [0.1, 0.15) is 30.6 Å². The molecule has 0 radical (unpaired) electrons. The van der Waals surface area contributed by atoms with Crippen molar-refractivity contribution in [3.05, 3.63) is 61.8 Å². The summed E-state index contributed by atoms with van der Waals surface area (Å²) in [6.45, 7) is 3.11. The smallest absolute Gasteiger partial charge is 0.0595 e. The third-order valence-corrected chi connectivity index (χ3v) is 4.98. The van der Waals surface area contributed by atoms with Crippen molar-refractivity contribution < 1.29 is 0 Å². The zero-order valence-corrected chi connectivity index (χ0v) is 15.7. The van der Waals surface area contributed by atoms with Crippen LogP contribution in [0.3, 0.4) is 0 Å². The molecule has 0 saturated heterocycles. The molecule has 1 unspecified atom stereocenters. The van der Waals surface area contributed by atoms with Crippen LogP contribution < -0.4 is 5.32 Å². The van der Waals surface area contributed by atoms with Gasteiger partial charge in [0.05, 0.1) is 5.02 Å². The molecule has 2 nitrogen and oxygen atoms in total. The van der Waals surface area contributed by atoms with E-state index in [-0.39, 0.29) is 6.04 Å². The van der Waals surface area contributed by atoms with Crippen LogP contribution in [0.15, 0.2) is 45.5 Å². The minimum Gasteiger partial charge on any atom is -0.310 e. The monoisotopic (exact) mass is 430 g/mol. The average Bonchev–Trinajstić information content (AvgIpc) is 2.48. The number of nitrogens with zero attached hydrogens (tertiary/aromatic N) is 1. The van der Waals surface area contributed by atoms with Gasteiger partial charge in [-0.3, -0.25) is 4.98 Å². The fourth-order valence-electron chi connectivity index (χ4n) is 2.14. The predicted molar refractivity (Wildman–Crippen MR) is 95.8 cm³/mol. The third kappa shape index (κ3) is 4.78. The first-order chi connectivity index (χ1) is 10.1. The van der Waals surface area contributed by atoms with Crippen molar-refractivity contribution in [3.8, 4) is 0 Å². The Bertz CT molecular complexity index is 587. The van der Waals surface area contributed by atoms with E-state index < -0.39 is 0 Å². The van der Waals surface area contributed by atoms with Crippen LogP contribution in [0.2, 0.25) is 5.02 Å². The zero-order chi connectivity index (χ0) is 15.2. The first kappa shape index (κ1) is 16.9. The molecule has 1 heterocycles.